The molecule has 3 aromatic rings. The van der Waals surface area contributed by atoms with Crippen molar-refractivity contribution in [3.8, 4) is 5.75 Å². The molecule has 6 heteroatoms. The Kier molecular flexibility index (Phi) is 5.31. The fourth-order valence-electron chi connectivity index (χ4n) is 2.70. The third-order valence-corrected chi connectivity index (χ3v) is 4.15. The first-order chi connectivity index (χ1) is 12.6. The predicted molar refractivity (Wildman–Crippen MR) is 100 cm³/mol. The van der Waals surface area contributed by atoms with Crippen molar-refractivity contribution >= 4 is 16.7 Å². The second-order valence-electron chi connectivity index (χ2n) is 6.10. The van der Waals surface area contributed by atoms with Crippen LogP contribution in [0.2, 0.25) is 0 Å². The summed E-state index contributed by atoms with van der Waals surface area (Å²) in [5.41, 5.74) is 0.473. The number of hydrogen-bond donors (Lipinski definition) is 1. The van der Waals surface area contributed by atoms with Gasteiger partial charge in [0.05, 0.1) is 6.33 Å². The average Bonchev–Trinajstić information content (AvgIpc) is 2.65. The second kappa shape index (κ2) is 7.82. The molecule has 1 amide bonds. The molecule has 26 heavy (non-hydrogen) atoms. The smallest absolute Gasteiger partial charge is 0.260 e. The molecule has 0 spiro atoms. The van der Waals surface area contributed by atoms with Crippen LogP contribution < -0.4 is 15.6 Å². The van der Waals surface area contributed by atoms with Crippen LogP contribution in [0.3, 0.4) is 0 Å². The zero-order valence-electron chi connectivity index (χ0n) is 14.8. The summed E-state index contributed by atoms with van der Waals surface area (Å²) in [4.78, 5) is 28.2. The summed E-state index contributed by atoms with van der Waals surface area (Å²) in [6, 6.07) is 13.6. The Labute approximate surface area is 151 Å². The van der Waals surface area contributed by atoms with Gasteiger partial charge < -0.3 is 10.1 Å². The third kappa shape index (κ3) is 3.91. The van der Waals surface area contributed by atoms with Crippen LogP contribution in [0.1, 0.15) is 12.5 Å². The summed E-state index contributed by atoms with van der Waals surface area (Å²) in [7, 11) is 0. The number of hydrogen-bond acceptors (Lipinski definition) is 4. The van der Waals surface area contributed by atoms with Gasteiger partial charge in [-0.2, -0.15) is 0 Å². The molecule has 1 atom stereocenters. The van der Waals surface area contributed by atoms with E-state index in [1.807, 2.05) is 42.5 Å². The number of amides is 1. The summed E-state index contributed by atoms with van der Waals surface area (Å²) in [5, 5.41) is 4.82. The highest BCUT2D eigenvalue weighted by Crippen LogP contribution is 2.25. The Balaban J connectivity index is 1.59. The van der Waals surface area contributed by atoms with Crippen molar-refractivity contribution < 1.29 is 9.53 Å². The minimum atomic E-state index is -0.645. The van der Waals surface area contributed by atoms with Crippen LogP contribution >= 0.6 is 0 Å². The molecular formula is C20H21N3O3. The van der Waals surface area contributed by atoms with Gasteiger partial charge in [-0.15, -0.1) is 0 Å². The molecule has 0 aliphatic carbocycles. The van der Waals surface area contributed by atoms with Gasteiger partial charge in [0, 0.05) is 30.2 Å². The molecule has 134 valence electrons. The fraction of sp³-hybridized carbons (Fsp3) is 0.250. The number of carbonyl (C=O) groups excluding carboxylic acids is 1. The molecular weight excluding hydrogens is 330 g/mol. The molecule has 0 aliphatic rings. The first-order valence-electron chi connectivity index (χ1n) is 8.49. The third-order valence-electron chi connectivity index (χ3n) is 4.15. The zero-order valence-corrected chi connectivity index (χ0v) is 14.8. The van der Waals surface area contributed by atoms with Gasteiger partial charge in [0.2, 0.25) is 0 Å². The van der Waals surface area contributed by atoms with Gasteiger partial charge >= 0.3 is 0 Å². The Hall–Kier alpha value is -3.15. The van der Waals surface area contributed by atoms with E-state index in [-0.39, 0.29) is 11.5 Å². The lowest BCUT2D eigenvalue weighted by molar-refractivity contribution is -0.127. The summed E-state index contributed by atoms with van der Waals surface area (Å²) in [6.07, 6.45) is 2.35. The number of aryl methyl sites for hydroxylation is 1. The van der Waals surface area contributed by atoms with Gasteiger partial charge in [-0.25, -0.2) is 4.98 Å². The van der Waals surface area contributed by atoms with Gasteiger partial charge in [-0.3, -0.25) is 14.2 Å². The number of aromatic nitrogens is 2. The monoisotopic (exact) mass is 351 g/mol. The topological polar surface area (TPSA) is 73.2 Å². The molecule has 6 nitrogen and oxygen atoms in total. The highest BCUT2D eigenvalue weighted by molar-refractivity contribution is 5.89. The van der Waals surface area contributed by atoms with Gasteiger partial charge in [-0.1, -0.05) is 36.4 Å². The number of carbonyl (C=O) groups is 1. The Morgan fingerprint density at radius 1 is 1.23 bits per heavy atom. The summed E-state index contributed by atoms with van der Waals surface area (Å²) >= 11 is 0. The quantitative estimate of drug-likeness (QED) is 0.739. The number of fused-ring (bicyclic) bond motifs is 1. The summed E-state index contributed by atoms with van der Waals surface area (Å²) in [6.45, 7) is 4.11. The van der Waals surface area contributed by atoms with Crippen molar-refractivity contribution in [3.05, 3.63) is 70.9 Å². The first kappa shape index (κ1) is 17.7. The first-order valence-corrected chi connectivity index (χ1v) is 8.49. The van der Waals surface area contributed by atoms with Crippen LogP contribution in [0.25, 0.3) is 10.8 Å². The lowest BCUT2D eigenvalue weighted by Gasteiger charge is -2.16. The molecule has 3 rings (SSSR count). The normalized spacial score (nSPS) is 11.9. The maximum absolute atomic E-state index is 12.3. The lowest BCUT2D eigenvalue weighted by Crippen LogP contribution is -2.39. The maximum Gasteiger partial charge on any atom is 0.260 e. The van der Waals surface area contributed by atoms with E-state index in [9.17, 15) is 9.59 Å². The molecule has 1 heterocycles. The Morgan fingerprint density at radius 3 is 2.85 bits per heavy atom. The second-order valence-corrected chi connectivity index (χ2v) is 6.10. The minimum Gasteiger partial charge on any atom is -0.480 e. The average molecular weight is 351 g/mol. The molecule has 0 radical (unpaired) electrons. The summed E-state index contributed by atoms with van der Waals surface area (Å²) in [5.74, 6) is 0.441. The van der Waals surface area contributed by atoms with E-state index in [1.54, 1.807) is 13.8 Å². The van der Waals surface area contributed by atoms with E-state index in [0.29, 0.717) is 24.4 Å². The van der Waals surface area contributed by atoms with Gasteiger partial charge in [0.15, 0.2) is 6.10 Å². The maximum atomic E-state index is 12.3. The van der Waals surface area contributed by atoms with Crippen LogP contribution in [0.4, 0.5) is 0 Å². The van der Waals surface area contributed by atoms with Gasteiger partial charge in [0.25, 0.3) is 11.5 Å². The lowest BCUT2D eigenvalue weighted by atomic mass is 10.1. The molecule has 0 aliphatic heterocycles. The van der Waals surface area contributed by atoms with Crippen LogP contribution in [0.15, 0.2) is 59.8 Å². The molecule has 0 saturated heterocycles. The number of benzene rings is 2. The predicted octanol–water partition coefficient (Wildman–Crippen LogP) is 2.29. The van der Waals surface area contributed by atoms with E-state index in [0.717, 1.165) is 10.8 Å². The van der Waals surface area contributed by atoms with Gasteiger partial charge in [0.1, 0.15) is 5.75 Å². The number of nitrogens with one attached hydrogen (secondary N) is 1. The SMILES string of the molecule is Cc1cncn(CCNC(=O)C(C)Oc2cccc3ccccc23)c1=O. The number of nitrogens with zero attached hydrogens (tertiary/aromatic N) is 2. The largest absolute Gasteiger partial charge is 0.480 e. The molecule has 2 aromatic carbocycles. The standard InChI is InChI=1S/C20H21N3O3/c1-14-12-21-13-23(20(14)25)11-10-22-19(24)15(2)26-18-9-5-7-16-6-3-4-8-17(16)18/h3-9,12-13,15H,10-11H2,1-2H3,(H,22,24). The van der Waals surface area contributed by atoms with Crippen LogP contribution in [0, 0.1) is 6.92 Å². The molecule has 1 unspecified atom stereocenters. The number of rotatable bonds is 6. The molecule has 0 saturated carbocycles. The van der Waals surface area contributed by atoms with Crippen LogP contribution in [-0.2, 0) is 11.3 Å². The molecule has 1 N–H and O–H groups in total. The van der Waals surface area contributed by atoms with Crippen molar-refractivity contribution in [2.45, 2.75) is 26.5 Å². The van der Waals surface area contributed by atoms with Crippen molar-refractivity contribution in [1.29, 1.82) is 0 Å². The van der Waals surface area contributed by atoms with Crippen molar-refractivity contribution in [1.82, 2.24) is 14.9 Å². The highest BCUT2D eigenvalue weighted by atomic mass is 16.5. The van der Waals surface area contributed by atoms with Crippen molar-refractivity contribution in [3.63, 3.8) is 0 Å². The highest BCUT2D eigenvalue weighted by Gasteiger charge is 2.15. The Bertz CT molecular complexity index is 976. The van der Waals surface area contributed by atoms with Crippen molar-refractivity contribution in [2.75, 3.05) is 6.54 Å². The van der Waals surface area contributed by atoms with Crippen molar-refractivity contribution in [2.24, 2.45) is 0 Å². The Morgan fingerprint density at radius 2 is 2.00 bits per heavy atom. The van der Waals surface area contributed by atoms with Crippen LogP contribution in [0.5, 0.6) is 5.75 Å². The molecule has 0 fully saturated rings. The van der Waals surface area contributed by atoms with E-state index in [2.05, 4.69) is 10.3 Å². The fourth-order valence-corrected chi connectivity index (χ4v) is 2.70. The van der Waals surface area contributed by atoms with E-state index in [1.165, 1.54) is 17.1 Å². The summed E-state index contributed by atoms with van der Waals surface area (Å²) < 4.78 is 7.32. The van der Waals surface area contributed by atoms with E-state index >= 15 is 0 Å². The molecule has 1 aromatic heterocycles. The number of ether oxygens (including phenoxy) is 1. The minimum absolute atomic E-state index is 0.102. The van der Waals surface area contributed by atoms with E-state index in [4.69, 9.17) is 4.74 Å². The van der Waals surface area contributed by atoms with Crippen LogP contribution in [-0.4, -0.2) is 28.1 Å². The van der Waals surface area contributed by atoms with E-state index < -0.39 is 6.10 Å². The van der Waals surface area contributed by atoms with Gasteiger partial charge in [-0.05, 0) is 25.3 Å². The zero-order chi connectivity index (χ0) is 18.5. The molecule has 0 bridgehead atoms.